The van der Waals surface area contributed by atoms with Crippen LogP contribution < -0.4 is 24.8 Å². The van der Waals surface area contributed by atoms with Crippen molar-refractivity contribution in [2.24, 2.45) is 0 Å². The van der Waals surface area contributed by atoms with Crippen LogP contribution in [0.2, 0.25) is 0 Å². The molecule has 25 heavy (non-hydrogen) atoms. The van der Waals surface area contributed by atoms with Gasteiger partial charge in [0.05, 0.1) is 21.3 Å². The lowest BCUT2D eigenvalue weighted by Gasteiger charge is -2.14. The van der Waals surface area contributed by atoms with Gasteiger partial charge in [0.1, 0.15) is 0 Å². The molecular weight excluding hydrogens is 328 g/mol. The third-order valence-electron chi connectivity index (χ3n) is 3.59. The summed E-state index contributed by atoms with van der Waals surface area (Å²) in [4.78, 5) is 22.5. The van der Waals surface area contributed by atoms with Gasteiger partial charge in [0, 0.05) is 18.7 Å². The van der Waals surface area contributed by atoms with Gasteiger partial charge in [-0.15, -0.1) is 0 Å². The molecule has 2 amide bonds. The summed E-state index contributed by atoms with van der Waals surface area (Å²) in [5.41, 5.74) is 0.431. The number of carbonyl (C=O) groups is 2. The van der Waals surface area contributed by atoms with Crippen LogP contribution in [0, 0.1) is 0 Å². The van der Waals surface area contributed by atoms with Gasteiger partial charge in [-0.05, 0) is 25.0 Å². The van der Waals surface area contributed by atoms with Crippen LogP contribution in [0.25, 0.3) is 0 Å². The molecule has 140 valence electrons. The van der Waals surface area contributed by atoms with Crippen LogP contribution in [0.15, 0.2) is 12.1 Å². The normalized spacial score (nSPS) is 10.0. The molecule has 0 saturated carbocycles. The maximum absolute atomic E-state index is 12.3. The number of hydrogen-bond acceptors (Lipinski definition) is 5. The van der Waals surface area contributed by atoms with Gasteiger partial charge in [0.25, 0.3) is 5.91 Å². The zero-order valence-electron chi connectivity index (χ0n) is 14.9. The van der Waals surface area contributed by atoms with E-state index in [1.54, 1.807) is 12.1 Å². The number of ether oxygens (including phenoxy) is 3. The average Bonchev–Trinajstić information content (AvgIpc) is 2.61. The van der Waals surface area contributed by atoms with Crippen LogP contribution in [-0.2, 0) is 0 Å². The van der Waals surface area contributed by atoms with E-state index in [-0.39, 0.29) is 5.91 Å². The first-order chi connectivity index (χ1) is 12.0. The Morgan fingerprint density at radius 2 is 1.40 bits per heavy atom. The Bertz CT molecular complexity index is 551. The fourth-order valence-corrected chi connectivity index (χ4v) is 2.32. The maximum atomic E-state index is 12.3. The summed E-state index contributed by atoms with van der Waals surface area (Å²) in [5, 5.41) is 13.6. The molecular formula is C17H26N2O6. The molecule has 8 heteroatoms. The molecule has 3 N–H and O–H groups in total. The van der Waals surface area contributed by atoms with E-state index < -0.39 is 6.09 Å². The van der Waals surface area contributed by atoms with E-state index in [0.29, 0.717) is 35.9 Å². The minimum absolute atomic E-state index is 0.216. The fraction of sp³-hybridized carbons (Fsp3) is 0.529. The number of unbranched alkanes of at least 4 members (excludes halogenated alkanes) is 3. The number of rotatable bonds is 11. The summed E-state index contributed by atoms with van der Waals surface area (Å²) in [7, 11) is 4.50. The number of nitrogens with one attached hydrogen (secondary N) is 2. The molecule has 0 atom stereocenters. The summed E-state index contributed by atoms with van der Waals surface area (Å²) in [6, 6.07) is 3.21. The van der Waals surface area contributed by atoms with Crippen molar-refractivity contribution in [1.29, 1.82) is 0 Å². The summed E-state index contributed by atoms with van der Waals surface area (Å²) < 4.78 is 15.7. The Morgan fingerprint density at radius 1 is 0.880 bits per heavy atom. The molecule has 0 unspecified atom stereocenters. The van der Waals surface area contributed by atoms with Crippen LogP contribution in [0.5, 0.6) is 17.2 Å². The molecule has 1 aromatic carbocycles. The molecule has 0 saturated heterocycles. The number of methoxy groups -OCH3 is 3. The minimum Gasteiger partial charge on any atom is -0.493 e. The maximum Gasteiger partial charge on any atom is 0.404 e. The molecule has 0 aromatic heterocycles. The molecule has 0 radical (unpaired) electrons. The van der Waals surface area contributed by atoms with Crippen LogP contribution in [0.1, 0.15) is 36.0 Å². The SMILES string of the molecule is COc1cc(C(=O)NCCCCCCNC(=O)O)cc(OC)c1OC. The van der Waals surface area contributed by atoms with Crippen molar-refractivity contribution >= 4 is 12.0 Å². The smallest absolute Gasteiger partial charge is 0.404 e. The predicted octanol–water partition coefficient (Wildman–Crippen LogP) is 2.27. The van der Waals surface area contributed by atoms with E-state index in [2.05, 4.69) is 10.6 Å². The van der Waals surface area contributed by atoms with Gasteiger partial charge in [-0.1, -0.05) is 12.8 Å². The summed E-state index contributed by atoms with van der Waals surface area (Å²) >= 11 is 0. The van der Waals surface area contributed by atoms with Crippen molar-refractivity contribution in [3.63, 3.8) is 0 Å². The second kappa shape index (κ2) is 11.0. The lowest BCUT2D eigenvalue weighted by molar-refractivity contribution is 0.0952. The number of carbonyl (C=O) groups excluding carboxylic acids is 1. The summed E-state index contributed by atoms with van der Waals surface area (Å²) in [6.45, 7) is 0.995. The molecule has 0 aliphatic carbocycles. The van der Waals surface area contributed by atoms with Gasteiger partial charge in [0.15, 0.2) is 11.5 Å². The molecule has 0 heterocycles. The van der Waals surface area contributed by atoms with E-state index >= 15 is 0 Å². The highest BCUT2D eigenvalue weighted by molar-refractivity contribution is 5.95. The predicted molar refractivity (Wildman–Crippen MR) is 92.9 cm³/mol. The Morgan fingerprint density at radius 3 is 1.84 bits per heavy atom. The first-order valence-corrected chi connectivity index (χ1v) is 8.08. The molecule has 1 aromatic rings. The van der Waals surface area contributed by atoms with Crippen molar-refractivity contribution in [3.05, 3.63) is 17.7 Å². The Labute approximate surface area is 147 Å². The van der Waals surface area contributed by atoms with Crippen LogP contribution in [0.3, 0.4) is 0 Å². The highest BCUT2D eigenvalue weighted by Gasteiger charge is 2.16. The molecule has 0 fully saturated rings. The average molecular weight is 354 g/mol. The lowest BCUT2D eigenvalue weighted by Crippen LogP contribution is -2.24. The van der Waals surface area contributed by atoms with Crippen LogP contribution in [-0.4, -0.2) is 51.5 Å². The third-order valence-corrected chi connectivity index (χ3v) is 3.59. The van der Waals surface area contributed by atoms with Gasteiger partial charge in [0.2, 0.25) is 5.75 Å². The number of hydrogen-bond donors (Lipinski definition) is 3. The van der Waals surface area contributed by atoms with Crippen molar-refractivity contribution in [2.45, 2.75) is 25.7 Å². The Balaban J connectivity index is 2.43. The Hall–Kier alpha value is -2.64. The van der Waals surface area contributed by atoms with Crippen molar-refractivity contribution in [3.8, 4) is 17.2 Å². The number of carboxylic acid groups (broad SMARTS) is 1. The molecule has 0 spiro atoms. The number of amides is 2. The largest absolute Gasteiger partial charge is 0.493 e. The van der Waals surface area contributed by atoms with Crippen molar-refractivity contribution in [2.75, 3.05) is 34.4 Å². The summed E-state index contributed by atoms with van der Waals surface area (Å²) in [5.74, 6) is 1.08. The summed E-state index contributed by atoms with van der Waals surface area (Å²) in [6.07, 6.45) is 2.42. The highest BCUT2D eigenvalue weighted by atomic mass is 16.5. The monoisotopic (exact) mass is 354 g/mol. The van der Waals surface area contributed by atoms with E-state index in [1.165, 1.54) is 21.3 Å². The zero-order chi connectivity index (χ0) is 18.7. The second-order valence-electron chi connectivity index (χ2n) is 5.32. The first-order valence-electron chi connectivity index (χ1n) is 8.08. The molecule has 0 aliphatic heterocycles. The van der Waals surface area contributed by atoms with Crippen LogP contribution >= 0.6 is 0 Å². The van der Waals surface area contributed by atoms with E-state index in [4.69, 9.17) is 19.3 Å². The molecule has 1 rings (SSSR count). The highest BCUT2D eigenvalue weighted by Crippen LogP contribution is 2.38. The van der Waals surface area contributed by atoms with Crippen molar-refractivity contribution < 1.29 is 28.9 Å². The van der Waals surface area contributed by atoms with Gasteiger partial charge in [-0.3, -0.25) is 4.79 Å². The molecule has 8 nitrogen and oxygen atoms in total. The quantitative estimate of drug-likeness (QED) is 0.526. The fourth-order valence-electron chi connectivity index (χ4n) is 2.32. The van der Waals surface area contributed by atoms with Crippen molar-refractivity contribution in [1.82, 2.24) is 10.6 Å². The van der Waals surface area contributed by atoms with Gasteiger partial charge in [-0.25, -0.2) is 4.79 Å². The molecule has 0 aliphatic rings. The van der Waals surface area contributed by atoms with Gasteiger partial charge in [-0.2, -0.15) is 0 Å². The first kappa shape index (κ1) is 20.4. The minimum atomic E-state index is -1.00. The van der Waals surface area contributed by atoms with E-state index in [9.17, 15) is 9.59 Å². The zero-order valence-corrected chi connectivity index (χ0v) is 14.9. The number of benzene rings is 1. The van der Waals surface area contributed by atoms with Gasteiger partial charge >= 0.3 is 6.09 Å². The lowest BCUT2D eigenvalue weighted by atomic mass is 10.1. The van der Waals surface area contributed by atoms with E-state index in [0.717, 1.165) is 25.7 Å². The topological polar surface area (TPSA) is 106 Å². The third kappa shape index (κ3) is 6.78. The standard InChI is InChI=1S/C17H26N2O6/c1-23-13-10-12(11-14(24-2)15(13)25-3)16(20)18-8-6-4-5-7-9-19-17(21)22/h10-11,19H,4-9H2,1-3H3,(H,18,20)(H,21,22). The second-order valence-corrected chi connectivity index (χ2v) is 5.32. The van der Waals surface area contributed by atoms with Gasteiger partial charge < -0.3 is 30.0 Å². The van der Waals surface area contributed by atoms with Crippen LogP contribution in [0.4, 0.5) is 4.79 Å². The van der Waals surface area contributed by atoms with E-state index in [1.807, 2.05) is 0 Å². The molecule has 0 bridgehead atoms. The Kier molecular flexibility index (Phi) is 8.99.